The Kier molecular flexibility index (Phi) is 5.06. The third-order valence-corrected chi connectivity index (χ3v) is 10.3. The van der Waals surface area contributed by atoms with Gasteiger partial charge in [-0.1, -0.05) is 40.5 Å². The molecule has 4 saturated carbocycles. The first-order valence-corrected chi connectivity index (χ1v) is 11.9. The van der Waals surface area contributed by atoms with E-state index >= 15 is 0 Å². The summed E-state index contributed by atoms with van der Waals surface area (Å²) in [4.78, 5) is 11.2. The highest BCUT2D eigenvalue weighted by Crippen LogP contribution is 2.68. The summed E-state index contributed by atoms with van der Waals surface area (Å²) in [6.07, 6.45) is 17.2. The van der Waals surface area contributed by atoms with Crippen LogP contribution in [0.25, 0.3) is 0 Å². The fraction of sp³-hybridized carbons (Fsp3) is 0.960. The van der Waals surface area contributed by atoms with Crippen LogP contribution in [0.15, 0.2) is 0 Å². The molecule has 0 aromatic heterocycles. The van der Waals surface area contributed by atoms with Gasteiger partial charge in [0, 0.05) is 5.92 Å². The topological polar surface area (TPSA) is 17.1 Å². The Morgan fingerprint density at radius 2 is 1.65 bits per heavy atom. The number of fused-ring (bicyclic) bond motifs is 5. The summed E-state index contributed by atoms with van der Waals surface area (Å²) < 4.78 is 0. The molecule has 1 heteroatoms. The number of carbonyl (C=O) groups excluding carboxylic acids is 1. The molecule has 0 saturated heterocycles. The van der Waals surface area contributed by atoms with E-state index in [4.69, 9.17) is 0 Å². The van der Waals surface area contributed by atoms with Crippen molar-refractivity contribution in [3.8, 4) is 0 Å². The molecule has 0 heterocycles. The molecule has 4 aliphatic rings. The maximum absolute atomic E-state index is 11.2. The van der Waals surface area contributed by atoms with Crippen LogP contribution in [0, 0.1) is 52.3 Å². The predicted octanol–water partition coefficient (Wildman–Crippen LogP) is 6.90. The van der Waals surface area contributed by atoms with Crippen LogP contribution < -0.4 is 0 Å². The molecule has 0 aliphatic heterocycles. The zero-order valence-corrected chi connectivity index (χ0v) is 17.8. The number of carbonyl (C=O) groups is 1. The third kappa shape index (κ3) is 2.82. The second-order valence-corrected chi connectivity index (χ2v) is 11.5. The molecule has 1 nitrogen and oxygen atoms in total. The minimum atomic E-state index is 0.237. The van der Waals surface area contributed by atoms with Crippen LogP contribution in [0.4, 0.5) is 0 Å². The largest absolute Gasteiger partial charge is 0.303 e. The van der Waals surface area contributed by atoms with Gasteiger partial charge in [-0.2, -0.15) is 0 Å². The van der Waals surface area contributed by atoms with Crippen LogP contribution in [-0.4, -0.2) is 6.29 Å². The number of aldehydes is 1. The number of hydrogen-bond donors (Lipinski definition) is 0. The van der Waals surface area contributed by atoms with Gasteiger partial charge in [0.15, 0.2) is 0 Å². The molecule has 8 unspecified atom stereocenters. The monoisotopic (exact) mass is 358 g/mol. The molecule has 9 atom stereocenters. The first kappa shape index (κ1) is 19.0. The van der Waals surface area contributed by atoms with E-state index < -0.39 is 0 Å². The van der Waals surface area contributed by atoms with Crippen LogP contribution in [0.2, 0.25) is 0 Å². The number of hydrogen-bond acceptors (Lipinski definition) is 1. The lowest BCUT2D eigenvalue weighted by atomic mass is 9.44. The van der Waals surface area contributed by atoms with Gasteiger partial charge >= 0.3 is 0 Å². The van der Waals surface area contributed by atoms with Crippen molar-refractivity contribution in [2.24, 2.45) is 52.3 Å². The second kappa shape index (κ2) is 6.93. The average molecular weight is 359 g/mol. The highest BCUT2D eigenvalue weighted by Gasteiger charge is 2.60. The Balaban J connectivity index is 1.53. The van der Waals surface area contributed by atoms with Gasteiger partial charge in [0.1, 0.15) is 6.29 Å². The Morgan fingerprint density at radius 1 is 0.885 bits per heavy atom. The molecule has 26 heavy (non-hydrogen) atoms. The van der Waals surface area contributed by atoms with E-state index in [0.29, 0.717) is 16.7 Å². The smallest absolute Gasteiger partial charge is 0.122 e. The highest BCUT2D eigenvalue weighted by atomic mass is 16.1. The van der Waals surface area contributed by atoms with Gasteiger partial charge in [-0.25, -0.2) is 0 Å². The molecule has 0 N–H and O–H groups in total. The lowest BCUT2D eigenvalue weighted by molar-refractivity contribution is -0.116. The molecule has 0 spiro atoms. The highest BCUT2D eigenvalue weighted by molar-refractivity contribution is 5.52. The SMILES string of the molecule is CC(C=O)C[C@@H](C)C1CCC2C3CCC4CCCCC4(C)C3CCC21C. The summed E-state index contributed by atoms with van der Waals surface area (Å²) in [6.45, 7) is 9.91. The van der Waals surface area contributed by atoms with E-state index in [1.807, 2.05) is 0 Å². The molecule has 4 aliphatic carbocycles. The van der Waals surface area contributed by atoms with Crippen LogP contribution in [-0.2, 0) is 4.79 Å². The molecular weight excluding hydrogens is 316 g/mol. The predicted molar refractivity (Wildman–Crippen MR) is 109 cm³/mol. The lowest BCUT2D eigenvalue weighted by Gasteiger charge is -2.61. The van der Waals surface area contributed by atoms with Crippen LogP contribution >= 0.6 is 0 Å². The van der Waals surface area contributed by atoms with Gasteiger partial charge in [-0.05, 0) is 104 Å². The zero-order chi connectivity index (χ0) is 18.5. The summed E-state index contributed by atoms with van der Waals surface area (Å²) in [6, 6.07) is 0. The number of rotatable bonds is 4. The lowest BCUT2D eigenvalue weighted by Crippen LogP contribution is -2.53. The van der Waals surface area contributed by atoms with Crippen LogP contribution in [0.1, 0.15) is 98.3 Å². The third-order valence-electron chi connectivity index (χ3n) is 10.3. The van der Waals surface area contributed by atoms with E-state index in [1.165, 1.54) is 70.5 Å². The summed E-state index contributed by atoms with van der Waals surface area (Å²) in [5.74, 6) is 5.83. The molecule has 0 aromatic carbocycles. The van der Waals surface area contributed by atoms with E-state index in [9.17, 15) is 4.79 Å². The van der Waals surface area contributed by atoms with E-state index in [2.05, 4.69) is 27.7 Å². The zero-order valence-electron chi connectivity index (χ0n) is 17.8. The van der Waals surface area contributed by atoms with Crippen molar-refractivity contribution in [2.45, 2.75) is 98.3 Å². The van der Waals surface area contributed by atoms with Gasteiger partial charge in [0.25, 0.3) is 0 Å². The van der Waals surface area contributed by atoms with Gasteiger partial charge in [0.2, 0.25) is 0 Å². The van der Waals surface area contributed by atoms with Gasteiger partial charge < -0.3 is 4.79 Å². The van der Waals surface area contributed by atoms with Crippen molar-refractivity contribution in [3.63, 3.8) is 0 Å². The van der Waals surface area contributed by atoms with Crippen molar-refractivity contribution in [1.29, 1.82) is 0 Å². The molecule has 0 radical (unpaired) electrons. The van der Waals surface area contributed by atoms with Gasteiger partial charge in [-0.15, -0.1) is 0 Å². The van der Waals surface area contributed by atoms with Gasteiger partial charge in [0.05, 0.1) is 0 Å². The van der Waals surface area contributed by atoms with E-state index in [1.54, 1.807) is 0 Å². The maximum atomic E-state index is 11.2. The Hall–Kier alpha value is -0.330. The molecule has 4 rings (SSSR count). The first-order chi connectivity index (χ1) is 12.4. The Morgan fingerprint density at radius 3 is 2.42 bits per heavy atom. The molecule has 0 bridgehead atoms. The fourth-order valence-electron chi connectivity index (χ4n) is 9.08. The standard InChI is InChI=1S/C25H42O/c1-17(16-26)15-18(2)21-10-11-22-20-9-8-19-7-5-6-13-24(19,3)23(20)12-14-25(21,22)4/h16-23H,5-15H2,1-4H3/t17?,18-,19?,20?,21?,22?,23?,24?,25?/m1/s1. The van der Waals surface area contributed by atoms with E-state index in [0.717, 1.165) is 36.0 Å². The Bertz CT molecular complexity index is 526. The quantitative estimate of drug-likeness (QED) is 0.500. The summed E-state index contributed by atoms with van der Waals surface area (Å²) in [5.41, 5.74) is 1.22. The maximum Gasteiger partial charge on any atom is 0.122 e. The van der Waals surface area contributed by atoms with Crippen LogP contribution in [0.5, 0.6) is 0 Å². The summed E-state index contributed by atoms with van der Waals surface area (Å²) >= 11 is 0. The fourth-order valence-corrected chi connectivity index (χ4v) is 9.08. The second-order valence-electron chi connectivity index (χ2n) is 11.5. The summed E-state index contributed by atoms with van der Waals surface area (Å²) in [7, 11) is 0. The first-order valence-electron chi connectivity index (χ1n) is 11.9. The van der Waals surface area contributed by atoms with Crippen molar-refractivity contribution < 1.29 is 4.79 Å². The minimum Gasteiger partial charge on any atom is -0.303 e. The molecule has 0 aromatic rings. The minimum absolute atomic E-state index is 0.237. The van der Waals surface area contributed by atoms with Crippen LogP contribution in [0.3, 0.4) is 0 Å². The molecule has 148 valence electrons. The van der Waals surface area contributed by atoms with E-state index in [-0.39, 0.29) is 5.92 Å². The molecule has 0 amide bonds. The Labute approximate surface area is 162 Å². The van der Waals surface area contributed by atoms with Crippen molar-refractivity contribution in [3.05, 3.63) is 0 Å². The molecule has 4 fully saturated rings. The van der Waals surface area contributed by atoms with Crippen molar-refractivity contribution in [2.75, 3.05) is 0 Å². The van der Waals surface area contributed by atoms with Crippen molar-refractivity contribution >= 4 is 6.29 Å². The van der Waals surface area contributed by atoms with Crippen molar-refractivity contribution in [1.82, 2.24) is 0 Å². The summed E-state index contributed by atoms with van der Waals surface area (Å²) in [5, 5.41) is 0. The normalized spacial score (nSPS) is 50.2. The van der Waals surface area contributed by atoms with Gasteiger partial charge in [-0.3, -0.25) is 0 Å². The molecular formula is C25H42O. The average Bonchev–Trinajstić information content (AvgIpc) is 2.98.